The van der Waals surface area contributed by atoms with E-state index in [1.54, 1.807) is 18.3 Å². The number of hydrogen-bond donors (Lipinski definition) is 2. The Kier molecular flexibility index (Phi) is 3.20. The van der Waals surface area contributed by atoms with Crippen LogP contribution in [-0.4, -0.2) is 15.9 Å². The van der Waals surface area contributed by atoms with Crippen molar-refractivity contribution in [1.29, 1.82) is 0 Å². The lowest BCUT2D eigenvalue weighted by Gasteiger charge is -2.06. The Morgan fingerprint density at radius 2 is 2.24 bits per heavy atom. The van der Waals surface area contributed by atoms with Gasteiger partial charge in [-0.25, -0.2) is 4.98 Å². The molecule has 0 aliphatic carbocycles. The minimum absolute atomic E-state index is 0.112. The number of amides is 1. The van der Waals surface area contributed by atoms with Gasteiger partial charge >= 0.3 is 0 Å². The van der Waals surface area contributed by atoms with Gasteiger partial charge in [0.2, 0.25) is 0 Å². The number of halogens is 1. The van der Waals surface area contributed by atoms with Gasteiger partial charge < -0.3 is 11.1 Å². The molecular weight excluding hydrogens is 240 g/mol. The summed E-state index contributed by atoms with van der Waals surface area (Å²) in [5.74, 6) is -0.372. The van der Waals surface area contributed by atoms with Crippen molar-refractivity contribution < 1.29 is 4.79 Å². The van der Waals surface area contributed by atoms with Gasteiger partial charge in [0.05, 0.1) is 29.3 Å². The van der Waals surface area contributed by atoms with E-state index >= 15 is 0 Å². The summed E-state index contributed by atoms with van der Waals surface area (Å²) in [6.07, 6.45) is 4.54. The molecule has 0 saturated carbocycles. The molecule has 0 aliphatic rings. The summed E-state index contributed by atoms with van der Waals surface area (Å²) in [6, 6.07) is 4.91. The second kappa shape index (κ2) is 4.80. The number of aromatic nitrogens is 2. The Bertz CT molecular complexity index is 544. The van der Waals surface area contributed by atoms with Crippen LogP contribution in [0, 0.1) is 0 Å². The molecule has 0 saturated heterocycles. The van der Waals surface area contributed by atoms with Crippen molar-refractivity contribution in [2.24, 2.45) is 0 Å². The first-order chi connectivity index (χ1) is 8.16. The van der Waals surface area contributed by atoms with Crippen LogP contribution in [0.1, 0.15) is 10.4 Å². The number of carbonyl (C=O) groups excluding carboxylic acids is 1. The fourth-order valence-corrected chi connectivity index (χ4v) is 1.45. The maximum atomic E-state index is 11.9. The second-order valence-corrected chi connectivity index (χ2v) is 3.66. The zero-order valence-corrected chi connectivity index (χ0v) is 9.48. The molecule has 86 valence electrons. The first-order valence-corrected chi connectivity index (χ1v) is 5.17. The van der Waals surface area contributed by atoms with E-state index in [1.807, 2.05) is 0 Å². The number of nitrogen functional groups attached to an aromatic ring is 1. The van der Waals surface area contributed by atoms with Crippen LogP contribution in [-0.2, 0) is 0 Å². The smallest absolute Gasteiger partial charge is 0.258 e. The maximum Gasteiger partial charge on any atom is 0.258 e. The molecule has 3 N–H and O–H groups in total. The van der Waals surface area contributed by atoms with Crippen LogP contribution >= 0.6 is 11.6 Å². The average molecular weight is 249 g/mol. The first-order valence-electron chi connectivity index (χ1n) is 4.79. The molecule has 6 heteroatoms. The molecule has 0 bridgehead atoms. The largest absolute Gasteiger partial charge is 0.397 e. The standard InChI is InChI=1S/C11H9ClN4O/c12-10-9(4-7(13)5-15-10)11(17)16-8-2-1-3-14-6-8/h1-6H,13H2,(H,16,17). The normalized spacial score (nSPS) is 9.94. The monoisotopic (exact) mass is 248 g/mol. The van der Waals surface area contributed by atoms with Crippen molar-refractivity contribution in [3.8, 4) is 0 Å². The number of carbonyl (C=O) groups is 1. The summed E-state index contributed by atoms with van der Waals surface area (Å²) in [7, 11) is 0. The Hall–Kier alpha value is -2.14. The molecule has 2 heterocycles. The highest BCUT2D eigenvalue weighted by atomic mass is 35.5. The highest BCUT2D eigenvalue weighted by molar-refractivity contribution is 6.33. The number of nitrogens with one attached hydrogen (secondary N) is 1. The van der Waals surface area contributed by atoms with Crippen LogP contribution in [0.2, 0.25) is 5.15 Å². The van der Waals surface area contributed by atoms with E-state index in [4.69, 9.17) is 17.3 Å². The third kappa shape index (κ3) is 2.70. The topological polar surface area (TPSA) is 80.9 Å². The fraction of sp³-hybridized carbons (Fsp3) is 0. The van der Waals surface area contributed by atoms with Gasteiger partial charge in [-0.1, -0.05) is 11.6 Å². The molecule has 0 aliphatic heterocycles. The van der Waals surface area contributed by atoms with Crippen LogP contribution in [0.15, 0.2) is 36.8 Å². The van der Waals surface area contributed by atoms with Crippen LogP contribution in [0.25, 0.3) is 0 Å². The summed E-state index contributed by atoms with van der Waals surface area (Å²) in [5, 5.41) is 2.76. The maximum absolute atomic E-state index is 11.9. The number of nitrogens with zero attached hydrogens (tertiary/aromatic N) is 2. The van der Waals surface area contributed by atoms with Gasteiger partial charge in [0.1, 0.15) is 5.15 Å². The Balaban J connectivity index is 2.23. The third-order valence-corrected chi connectivity index (χ3v) is 2.33. The van der Waals surface area contributed by atoms with Crippen molar-refractivity contribution in [3.63, 3.8) is 0 Å². The predicted octanol–water partition coefficient (Wildman–Crippen LogP) is 1.96. The van der Waals surface area contributed by atoms with Crippen molar-refractivity contribution in [3.05, 3.63) is 47.5 Å². The van der Waals surface area contributed by atoms with Gasteiger partial charge in [-0.2, -0.15) is 0 Å². The highest BCUT2D eigenvalue weighted by Crippen LogP contribution is 2.17. The van der Waals surface area contributed by atoms with Crippen molar-refractivity contribution >= 4 is 28.9 Å². The van der Waals surface area contributed by atoms with Crippen molar-refractivity contribution in [2.75, 3.05) is 11.1 Å². The quantitative estimate of drug-likeness (QED) is 0.796. The van der Waals surface area contributed by atoms with Gasteiger partial charge in [0.25, 0.3) is 5.91 Å². The first kappa shape index (κ1) is 11.3. The minimum Gasteiger partial charge on any atom is -0.397 e. The highest BCUT2D eigenvalue weighted by Gasteiger charge is 2.12. The molecule has 0 radical (unpaired) electrons. The minimum atomic E-state index is -0.372. The van der Waals surface area contributed by atoms with Crippen LogP contribution in [0.3, 0.4) is 0 Å². The molecule has 0 unspecified atom stereocenters. The molecule has 0 spiro atoms. The van der Waals surface area contributed by atoms with E-state index in [1.165, 1.54) is 18.5 Å². The van der Waals surface area contributed by atoms with Gasteiger partial charge in [-0.3, -0.25) is 9.78 Å². The lowest BCUT2D eigenvalue weighted by atomic mass is 10.2. The molecule has 2 aromatic heterocycles. The van der Waals surface area contributed by atoms with Gasteiger partial charge in [0.15, 0.2) is 0 Å². The number of nitrogens with two attached hydrogens (primary N) is 1. The van der Waals surface area contributed by atoms with Crippen LogP contribution < -0.4 is 11.1 Å². The Morgan fingerprint density at radius 1 is 1.41 bits per heavy atom. The van der Waals surface area contributed by atoms with Crippen molar-refractivity contribution in [1.82, 2.24) is 9.97 Å². The van der Waals surface area contributed by atoms with E-state index in [-0.39, 0.29) is 16.6 Å². The lowest BCUT2D eigenvalue weighted by Crippen LogP contribution is -2.13. The zero-order valence-electron chi connectivity index (χ0n) is 8.72. The lowest BCUT2D eigenvalue weighted by molar-refractivity contribution is 0.102. The molecule has 0 fully saturated rings. The van der Waals surface area contributed by atoms with E-state index in [0.29, 0.717) is 11.4 Å². The van der Waals surface area contributed by atoms with Gasteiger partial charge in [-0.05, 0) is 18.2 Å². The van der Waals surface area contributed by atoms with E-state index < -0.39 is 0 Å². The molecular formula is C11H9ClN4O. The molecule has 5 nitrogen and oxygen atoms in total. The summed E-state index contributed by atoms with van der Waals surface area (Å²) >= 11 is 5.81. The zero-order chi connectivity index (χ0) is 12.3. The molecule has 17 heavy (non-hydrogen) atoms. The van der Waals surface area contributed by atoms with E-state index in [0.717, 1.165) is 0 Å². The summed E-state index contributed by atoms with van der Waals surface area (Å²) in [4.78, 5) is 19.6. The Morgan fingerprint density at radius 3 is 2.94 bits per heavy atom. The van der Waals surface area contributed by atoms with Crippen LogP contribution in [0.4, 0.5) is 11.4 Å². The van der Waals surface area contributed by atoms with Gasteiger partial charge in [0, 0.05) is 6.20 Å². The third-order valence-electron chi connectivity index (χ3n) is 2.02. The van der Waals surface area contributed by atoms with Crippen LogP contribution in [0.5, 0.6) is 0 Å². The molecule has 2 rings (SSSR count). The average Bonchev–Trinajstić information content (AvgIpc) is 2.33. The predicted molar refractivity (Wildman–Crippen MR) is 65.8 cm³/mol. The molecule has 0 atom stereocenters. The number of pyridine rings is 2. The second-order valence-electron chi connectivity index (χ2n) is 3.30. The Labute approximate surface area is 103 Å². The number of anilines is 2. The van der Waals surface area contributed by atoms with Crippen molar-refractivity contribution in [2.45, 2.75) is 0 Å². The molecule has 2 aromatic rings. The van der Waals surface area contributed by atoms with E-state index in [2.05, 4.69) is 15.3 Å². The molecule has 1 amide bonds. The summed E-state index contributed by atoms with van der Waals surface area (Å²) in [6.45, 7) is 0. The number of hydrogen-bond acceptors (Lipinski definition) is 4. The fourth-order valence-electron chi connectivity index (χ4n) is 1.26. The van der Waals surface area contributed by atoms with Gasteiger partial charge in [-0.15, -0.1) is 0 Å². The number of rotatable bonds is 2. The summed E-state index contributed by atoms with van der Waals surface area (Å²) in [5.41, 5.74) is 6.74. The van der Waals surface area contributed by atoms with E-state index in [9.17, 15) is 4.79 Å². The SMILES string of the molecule is Nc1cnc(Cl)c(C(=O)Nc2cccnc2)c1. The molecule has 0 aromatic carbocycles. The summed E-state index contributed by atoms with van der Waals surface area (Å²) < 4.78 is 0.